The number of carbonyl (C=O) groups excluding carboxylic acids is 2. The maximum atomic E-state index is 12.1. The molecule has 0 saturated carbocycles. The molecule has 2 amide bonds. The Morgan fingerprint density at radius 3 is 2.56 bits per heavy atom. The van der Waals surface area contributed by atoms with E-state index in [9.17, 15) is 9.59 Å². The molecule has 2 aromatic carbocycles. The number of ether oxygens (including phenoxy) is 1. The quantitative estimate of drug-likeness (QED) is 0.700. The summed E-state index contributed by atoms with van der Waals surface area (Å²) in [6, 6.07) is 10.4. The molecular formula is C18H18BrClN2O3. The monoisotopic (exact) mass is 424 g/mol. The van der Waals surface area contributed by atoms with Crippen LogP contribution in [-0.2, 0) is 9.59 Å². The molecule has 0 aromatic heterocycles. The highest BCUT2D eigenvalue weighted by molar-refractivity contribution is 9.10. The largest absolute Gasteiger partial charge is 0.483 e. The van der Waals surface area contributed by atoms with Crippen LogP contribution in [0.5, 0.6) is 5.75 Å². The molecule has 132 valence electrons. The molecule has 0 spiro atoms. The molecule has 0 heterocycles. The highest BCUT2D eigenvalue weighted by Gasteiger charge is 2.09. The maximum Gasteiger partial charge on any atom is 0.262 e. The molecule has 25 heavy (non-hydrogen) atoms. The molecule has 0 aliphatic rings. The summed E-state index contributed by atoms with van der Waals surface area (Å²) in [5, 5.41) is 6.12. The molecule has 0 bridgehead atoms. The van der Waals surface area contributed by atoms with Crippen LogP contribution in [0, 0.1) is 6.92 Å². The van der Waals surface area contributed by atoms with Crippen molar-refractivity contribution < 1.29 is 14.3 Å². The summed E-state index contributed by atoms with van der Waals surface area (Å²) in [4.78, 5) is 23.6. The number of hydrogen-bond donors (Lipinski definition) is 2. The lowest BCUT2D eigenvalue weighted by Crippen LogP contribution is -2.20. The van der Waals surface area contributed by atoms with Crippen LogP contribution in [0.2, 0.25) is 5.02 Å². The number of carbonyl (C=O) groups is 2. The fourth-order valence-corrected chi connectivity index (χ4v) is 2.80. The van der Waals surface area contributed by atoms with E-state index in [-0.39, 0.29) is 18.4 Å². The molecule has 0 fully saturated rings. The van der Waals surface area contributed by atoms with E-state index in [1.807, 2.05) is 13.0 Å². The minimum Gasteiger partial charge on any atom is -0.483 e. The highest BCUT2D eigenvalue weighted by Crippen LogP contribution is 2.28. The van der Waals surface area contributed by atoms with Crippen molar-refractivity contribution in [3.05, 3.63) is 51.5 Å². The smallest absolute Gasteiger partial charge is 0.262 e. The molecule has 0 unspecified atom stereocenters. The van der Waals surface area contributed by atoms with Gasteiger partial charge < -0.3 is 15.4 Å². The van der Waals surface area contributed by atoms with E-state index in [0.717, 1.165) is 5.56 Å². The highest BCUT2D eigenvalue weighted by atomic mass is 79.9. The van der Waals surface area contributed by atoms with Gasteiger partial charge in [-0.05, 0) is 58.7 Å². The Morgan fingerprint density at radius 1 is 1.12 bits per heavy atom. The summed E-state index contributed by atoms with van der Waals surface area (Å²) in [5.41, 5.74) is 2.17. The van der Waals surface area contributed by atoms with Gasteiger partial charge in [0.1, 0.15) is 5.75 Å². The topological polar surface area (TPSA) is 67.4 Å². The second-order valence-corrected chi connectivity index (χ2v) is 6.63. The number of nitrogens with one attached hydrogen (secondary N) is 2. The summed E-state index contributed by atoms with van der Waals surface area (Å²) in [5.74, 6) is 0.139. The number of benzene rings is 2. The van der Waals surface area contributed by atoms with Crippen molar-refractivity contribution in [2.75, 3.05) is 17.2 Å². The number of halogens is 2. The number of amides is 2. The number of aryl methyl sites for hydroxylation is 1. The summed E-state index contributed by atoms with van der Waals surface area (Å²) in [7, 11) is 0. The molecule has 2 N–H and O–H groups in total. The summed E-state index contributed by atoms with van der Waals surface area (Å²) >= 11 is 9.20. The van der Waals surface area contributed by atoms with Gasteiger partial charge in [0.25, 0.3) is 5.91 Å². The summed E-state index contributed by atoms with van der Waals surface area (Å²) in [6.45, 7) is 3.52. The molecule has 0 atom stereocenters. The van der Waals surface area contributed by atoms with Gasteiger partial charge in [0.2, 0.25) is 5.91 Å². The van der Waals surface area contributed by atoms with Crippen LogP contribution < -0.4 is 15.4 Å². The van der Waals surface area contributed by atoms with Crippen molar-refractivity contribution in [1.82, 2.24) is 0 Å². The molecule has 0 saturated heterocycles. The third-order valence-corrected chi connectivity index (χ3v) is 4.22. The first-order valence-corrected chi connectivity index (χ1v) is 8.84. The Labute approximate surface area is 159 Å². The number of hydrogen-bond acceptors (Lipinski definition) is 3. The van der Waals surface area contributed by atoms with Gasteiger partial charge in [0.15, 0.2) is 6.61 Å². The molecule has 5 nitrogen and oxygen atoms in total. The lowest BCUT2D eigenvalue weighted by atomic mass is 10.1. The standard InChI is InChI=1S/C18H18BrClN2O3/c1-3-17(23)22-15-9-13(6-4-11(15)2)21-18(24)10-25-16-7-5-12(20)8-14(16)19/h4-9H,3,10H2,1-2H3,(H,21,24)(H,22,23). The molecule has 2 rings (SSSR count). The van der Waals surface area contributed by atoms with E-state index < -0.39 is 0 Å². The SMILES string of the molecule is CCC(=O)Nc1cc(NC(=O)COc2ccc(Cl)cc2Br)ccc1C. The molecule has 0 aliphatic heterocycles. The van der Waals surface area contributed by atoms with Crippen LogP contribution >= 0.6 is 27.5 Å². The van der Waals surface area contributed by atoms with E-state index >= 15 is 0 Å². The van der Waals surface area contributed by atoms with Gasteiger partial charge in [-0.15, -0.1) is 0 Å². The Morgan fingerprint density at radius 2 is 1.88 bits per heavy atom. The van der Waals surface area contributed by atoms with Gasteiger partial charge in [-0.25, -0.2) is 0 Å². The maximum absolute atomic E-state index is 12.1. The van der Waals surface area contributed by atoms with Crippen molar-refractivity contribution in [1.29, 1.82) is 0 Å². The van der Waals surface area contributed by atoms with Gasteiger partial charge in [-0.3, -0.25) is 9.59 Å². The van der Waals surface area contributed by atoms with Crippen molar-refractivity contribution in [2.45, 2.75) is 20.3 Å². The minimum atomic E-state index is -0.307. The molecule has 0 aliphatic carbocycles. The van der Waals surface area contributed by atoms with Gasteiger partial charge in [-0.2, -0.15) is 0 Å². The van der Waals surface area contributed by atoms with E-state index in [0.29, 0.717) is 33.0 Å². The third-order valence-electron chi connectivity index (χ3n) is 3.37. The van der Waals surface area contributed by atoms with Crippen LogP contribution in [-0.4, -0.2) is 18.4 Å². The predicted octanol–water partition coefficient (Wildman–Crippen LogP) is 4.78. The van der Waals surface area contributed by atoms with Gasteiger partial charge in [-0.1, -0.05) is 24.6 Å². The zero-order chi connectivity index (χ0) is 18.4. The first-order valence-electron chi connectivity index (χ1n) is 7.67. The van der Waals surface area contributed by atoms with Crippen molar-refractivity contribution >= 4 is 50.7 Å². The Bertz CT molecular complexity index is 796. The van der Waals surface area contributed by atoms with Gasteiger partial charge in [0.05, 0.1) is 4.47 Å². The average molecular weight is 426 g/mol. The van der Waals surface area contributed by atoms with Crippen molar-refractivity contribution in [3.8, 4) is 5.75 Å². The number of rotatable bonds is 6. The second-order valence-electron chi connectivity index (χ2n) is 5.34. The van der Waals surface area contributed by atoms with E-state index in [4.69, 9.17) is 16.3 Å². The lowest BCUT2D eigenvalue weighted by molar-refractivity contribution is -0.118. The zero-order valence-electron chi connectivity index (χ0n) is 13.9. The average Bonchev–Trinajstić information content (AvgIpc) is 2.57. The Kier molecular flexibility index (Phi) is 6.84. The third kappa shape index (κ3) is 5.76. The van der Waals surface area contributed by atoms with Crippen molar-refractivity contribution in [3.63, 3.8) is 0 Å². The number of anilines is 2. The summed E-state index contributed by atoms with van der Waals surface area (Å²) in [6.07, 6.45) is 0.389. The van der Waals surface area contributed by atoms with E-state index in [2.05, 4.69) is 26.6 Å². The van der Waals surface area contributed by atoms with Gasteiger partial charge >= 0.3 is 0 Å². The first kappa shape index (κ1) is 19.3. The normalized spacial score (nSPS) is 10.2. The summed E-state index contributed by atoms with van der Waals surface area (Å²) < 4.78 is 6.15. The molecule has 7 heteroatoms. The van der Waals surface area contributed by atoms with Gasteiger partial charge in [0, 0.05) is 22.8 Å². The van der Waals surface area contributed by atoms with E-state index in [1.165, 1.54) is 0 Å². The Balaban J connectivity index is 1.98. The molecule has 0 radical (unpaired) electrons. The van der Waals surface area contributed by atoms with Crippen molar-refractivity contribution in [2.24, 2.45) is 0 Å². The first-order chi connectivity index (χ1) is 11.9. The fourth-order valence-electron chi connectivity index (χ4n) is 2.01. The molecule has 2 aromatic rings. The minimum absolute atomic E-state index is 0.0810. The second kappa shape index (κ2) is 8.87. The van der Waals surface area contributed by atoms with Crippen LogP contribution in [0.3, 0.4) is 0 Å². The van der Waals surface area contributed by atoms with Crippen LogP contribution in [0.4, 0.5) is 11.4 Å². The lowest BCUT2D eigenvalue weighted by Gasteiger charge is -2.12. The zero-order valence-corrected chi connectivity index (χ0v) is 16.2. The fraction of sp³-hybridized carbons (Fsp3) is 0.222. The van der Waals surface area contributed by atoms with Crippen LogP contribution in [0.15, 0.2) is 40.9 Å². The molecular weight excluding hydrogens is 408 g/mol. The van der Waals surface area contributed by atoms with E-state index in [1.54, 1.807) is 37.3 Å². The Hall–Kier alpha value is -2.05. The van der Waals surface area contributed by atoms with Crippen LogP contribution in [0.25, 0.3) is 0 Å². The predicted molar refractivity (Wildman–Crippen MR) is 103 cm³/mol. The van der Waals surface area contributed by atoms with Crippen LogP contribution in [0.1, 0.15) is 18.9 Å².